The lowest BCUT2D eigenvalue weighted by Gasteiger charge is -2.09. The molecule has 0 saturated carbocycles. The van der Waals surface area contributed by atoms with Crippen LogP contribution in [0.5, 0.6) is 17.4 Å². The molecule has 0 fully saturated rings. The van der Waals surface area contributed by atoms with Crippen molar-refractivity contribution < 1.29 is 19.0 Å². The number of para-hydroxylation sites is 1. The average molecular weight is 447 g/mol. The van der Waals surface area contributed by atoms with Crippen LogP contribution in [0, 0.1) is 0 Å². The molecular weight excluding hydrogens is 422 g/mol. The van der Waals surface area contributed by atoms with Crippen molar-refractivity contribution in [3.05, 3.63) is 66.2 Å². The monoisotopic (exact) mass is 447 g/mol. The zero-order chi connectivity index (χ0) is 23.0. The molecule has 9 heteroatoms. The lowest BCUT2D eigenvalue weighted by molar-refractivity contribution is -0.120. The fourth-order valence-electron chi connectivity index (χ4n) is 3.31. The van der Waals surface area contributed by atoms with E-state index in [4.69, 9.17) is 14.2 Å². The third-order valence-electron chi connectivity index (χ3n) is 4.86. The topological polar surface area (TPSA) is 99.9 Å². The zero-order valence-corrected chi connectivity index (χ0v) is 18.5. The summed E-state index contributed by atoms with van der Waals surface area (Å²) >= 11 is 0. The Hall–Kier alpha value is -4.14. The second kappa shape index (κ2) is 10.4. The van der Waals surface area contributed by atoms with Crippen LogP contribution in [0.3, 0.4) is 0 Å². The smallest absolute Gasteiger partial charge is 0.231 e. The Kier molecular flexibility index (Phi) is 6.99. The molecule has 170 valence electrons. The molecule has 2 heterocycles. The van der Waals surface area contributed by atoms with Crippen LogP contribution in [0.1, 0.15) is 12.5 Å². The first kappa shape index (κ1) is 22.1. The maximum atomic E-state index is 12.2. The predicted octanol–water partition coefficient (Wildman–Crippen LogP) is 2.94. The highest BCUT2D eigenvalue weighted by Gasteiger charge is 2.14. The summed E-state index contributed by atoms with van der Waals surface area (Å²) in [5.74, 6) is 2.34. The summed E-state index contributed by atoms with van der Waals surface area (Å²) in [5, 5.41) is 15.7. The molecule has 0 aliphatic rings. The molecular formula is C24H25N5O4. The van der Waals surface area contributed by atoms with E-state index < -0.39 is 0 Å². The third kappa shape index (κ3) is 5.38. The van der Waals surface area contributed by atoms with Gasteiger partial charge in [0, 0.05) is 6.07 Å². The number of hydrogen-bond acceptors (Lipinski definition) is 7. The first-order valence-electron chi connectivity index (χ1n) is 10.6. The minimum absolute atomic E-state index is 0.0801. The molecule has 0 saturated heterocycles. The highest BCUT2D eigenvalue weighted by molar-refractivity contribution is 5.78. The molecule has 4 aromatic rings. The number of carbonyl (C=O) groups is 1. The predicted molar refractivity (Wildman–Crippen MR) is 123 cm³/mol. The Balaban J connectivity index is 1.33. The molecule has 4 rings (SSSR count). The van der Waals surface area contributed by atoms with Crippen LogP contribution in [-0.2, 0) is 11.2 Å². The number of amides is 1. The molecule has 1 amide bonds. The van der Waals surface area contributed by atoms with E-state index in [2.05, 4.69) is 20.6 Å². The summed E-state index contributed by atoms with van der Waals surface area (Å²) in [6.07, 6.45) is 0.291. The van der Waals surface area contributed by atoms with E-state index in [1.54, 1.807) is 23.8 Å². The van der Waals surface area contributed by atoms with E-state index >= 15 is 0 Å². The first-order chi connectivity index (χ1) is 16.2. The Morgan fingerprint density at radius 2 is 1.82 bits per heavy atom. The van der Waals surface area contributed by atoms with Crippen LogP contribution in [0.15, 0.2) is 60.7 Å². The summed E-state index contributed by atoms with van der Waals surface area (Å²) in [7, 11) is 1.61. The van der Waals surface area contributed by atoms with Crippen molar-refractivity contribution in [1.29, 1.82) is 0 Å². The molecule has 0 radical (unpaired) electrons. The molecule has 9 nitrogen and oxygen atoms in total. The van der Waals surface area contributed by atoms with Gasteiger partial charge in [-0.25, -0.2) is 0 Å². The second-order valence-corrected chi connectivity index (χ2v) is 7.12. The molecule has 2 aromatic carbocycles. The van der Waals surface area contributed by atoms with Gasteiger partial charge < -0.3 is 19.5 Å². The lowest BCUT2D eigenvalue weighted by atomic mass is 10.1. The van der Waals surface area contributed by atoms with E-state index in [0.29, 0.717) is 42.7 Å². The largest absolute Gasteiger partial charge is 0.496 e. The van der Waals surface area contributed by atoms with Gasteiger partial charge in [-0.1, -0.05) is 24.3 Å². The summed E-state index contributed by atoms with van der Waals surface area (Å²) in [4.78, 5) is 12.2. The van der Waals surface area contributed by atoms with Gasteiger partial charge in [-0.2, -0.15) is 4.52 Å². The van der Waals surface area contributed by atoms with Crippen LogP contribution >= 0.6 is 0 Å². The van der Waals surface area contributed by atoms with Gasteiger partial charge in [-0.05, 0) is 42.8 Å². The Bertz CT molecular complexity index is 1220. The summed E-state index contributed by atoms with van der Waals surface area (Å²) in [5.41, 5.74) is 2.28. The number of carbonyl (C=O) groups excluding carboxylic acids is 1. The maximum Gasteiger partial charge on any atom is 0.231 e. The van der Waals surface area contributed by atoms with Gasteiger partial charge in [0.15, 0.2) is 11.5 Å². The van der Waals surface area contributed by atoms with Crippen molar-refractivity contribution in [2.75, 3.05) is 26.9 Å². The van der Waals surface area contributed by atoms with Gasteiger partial charge in [0.05, 0.1) is 32.2 Å². The number of methoxy groups -OCH3 is 1. The van der Waals surface area contributed by atoms with Gasteiger partial charge in [-0.3, -0.25) is 4.79 Å². The molecule has 0 aliphatic heterocycles. The van der Waals surface area contributed by atoms with Crippen molar-refractivity contribution >= 4 is 11.6 Å². The summed E-state index contributed by atoms with van der Waals surface area (Å²) in [6.45, 7) is 3.18. The van der Waals surface area contributed by atoms with E-state index in [-0.39, 0.29) is 12.5 Å². The standard InChI is InChI=1S/C24H25N5O4/c1-3-32-18-10-8-17(9-11-18)16-22(30)25-14-15-33-23-13-12-21-26-27-24(29(21)28-23)19-6-4-5-7-20(19)31-2/h4-13H,3,14-16H2,1-2H3,(H,25,30). The quantitative estimate of drug-likeness (QED) is 0.373. The van der Waals surface area contributed by atoms with Gasteiger partial charge in [0.1, 0.15) is 18.1 Å². The molecule has 2 aromatic heterocycles. The number of rotatable bonds is 10. The number of benzene rings is 2. The van der Waals surface area contributed by atoms with Crippen molar-refractivity contribution in [3.63, 3.8) is 0 Å². The number of nitrogens with zero attached hydrogens (tertiary/aromatic N) is 4. The fourth-order valence-corrected chi connectivity index (χ4v) is 3.31. The number of fused-ring (bicyclic) bond motifs is 1. The molecule has 33 heavy (non-hydrogen) atoms. The fraction of sp³-hybridized carbons (Fsp3) is 0.250. The summed E-state index contributed by atoms with van der Waals surface area (Å²) < 4.78 is 18.2. The zero-order valence-electron chi connectivity index (χ0n) is 18.5. The van der Waals surface area contributed by atoms with E-state index in [0.717, 1.165) is 16.9 Å². The number of nitrogens with one attached hydrogen (secondary N) is 1. The van der Waals surface area contributed by atoms with Crippen LogP contribution < -0.4 is 19.5 Å². The number of ether oxygens (including phenoxy) is 3. The van der Waals surface area contributed by atoms with Crippen molar-refractivity contribution in [2.45, 2.75) is 13.3 Å². The maximum absolute atomic E-state index is 12.2. The minimum Gasteiger partial charge on any atom is -0.496 e. The van der Waals surface area contributed by atoms with Crippen LogP contribution in [0.25, 0.3) is 17.0 Å². The highest BCUT2D eigenvalue weighted by Crippen LogP contribution is 2.28. The summed E-state index contributed by atoms with van der Waals surface area (Å²) in [6, 6.07) is 18.5. The van der Waals surface area contributed by atoms with Crippen LogP contribution in [0.4, 0.5) is 0 Å². The molecule has 0 atom stereocenters. The molecule has 0 spiro atoms. The van der Waals surface area contributed by atoms with Crippen LogP contribution in [-0.4, -0.2) is 52.6 Å². The molecule has 1 N–H and O–H groups in total. The molecule has 0 bridgehead atoms. The number of hydrogen-bond donors (Lipinski definition) is 1. The van der Waals surface area contributed by atoms with Gasteiger partial charge >= 0.3 is 0 Å². The van der Waals surface area contributed by atoms with E-state index in [1.165, 1.54) is 0 Å². The first-order valence-corrected chi connectivity index (χ1v) is 10.6. The Morgan fingerprint density at radius 3 is 2.61 bits per heavy atom. The average Bonchev–Trinajstić information content (AvgIpc) is 3.26. The molecule has 0 aliphatic carbocycles. The Labute approximate surface area is 191 Å². The minimum atomic E-state index is -0.0801. The van der Waals surface area contributed by atoms with Gasteiger partial charge in [0.25, 0.3) is 0 Å². The Morgan fingerprint density at radius 1 is 1.00 bits per heavy atom. The lowest BCUT2D eigenvalue weighted by Crippen LogP contribution is -2.29. The SMILES string of the molecule is CCOc1ccc(CC(=O)NCCOc2ccc3nnc(-c4ccccc4OC)n3n2)cc1. The van der Waals surface area contributed by atoms with Crippen LogP contribution in [0.2, 0.25) is 0 Å². The third-order valence-corrected chi connectivity index (χ3v) is 4.86. The van der Waals surface area contributed by atoms with Crippen molar-refractivity contribution in [3.8, 4) is 28.8 Å². The second-order valence-electron chi connectivity index (χ2n) is 7.12. The van der Waals surface area contributed by atoms with Gasteiger partial charge in [-0.15, -0.1) is 15.3 Å². The number of aromatic nitrogens is 4. The van der Waals surface area contributed by atoms with E-state index in [9.17, 15) is 4.79 Å². The van der Waals surface area contributed by atoms with E-state index in [1.807, 2.05) is 55.5 Å². The normalized spacial score (nSPS) is 10.7. The van der Waals surface area contributed by atoms with Gasteiger partial charge in [0.2, 0.25) is 11.8 Å². The van der Waals surface area contributed by atoms with Crippen molar-refractivity contribution in [2.24, 2.45) is 0 Å². The highest BCUT2D eigenvalue weighted by atomic mass is 16.5. The molecule has 0 unspecified atom stereocenters. The van der Waals surface area contributed by atoms with Crippen molar-refractivity contribution in [1.82, 2.24) is 25.1 Å².